The first-order valence-corrected chi connectivity index (χ1v) is 13.8. The highest BCUT2D eigenvalue weighted by Crippen LogP contribution is 2.47. The number of hydrogen-bond donors (Lipinski definition) is 0. The molecular weight excluding hydrogens is 548 g/mol. The SMILES string of the molecule is COc1ccc(C(C)C)cc1C1=C(CN2C(=O)O[C@H](C3C=C(C(F)(F)F)C=C(C(F)(F)F)C3)[C@@H]2C)CCC(C)(C)C1. The molecule has 226 valence electrons. The molecule has 3 atom stereocenters. The van der Waals surface area contributed by atoms with Crippen LogP contribution in [0.2, 0.25) is 0 Å². The normalized spacial score (nSPS) is 25.3. The lowest BCUT2D eigenvalue weighted by Crippen LogP contribution is -2.40. The highest BCUT2D eigenvalue weighted by Gasteiger charge is 2.48. The second kappa shape index (κ2) is 11.1. The summed E-state index contributed by atoms with van der Waals surface area (Å²) in [6.45, 7) is 10.3. The standard InChI is InChI=1S/C31H37F6NO3/c1-17(2)19-7-8-26(40-6)24(13-19)25-15-29(4,5)10-9-20(25)16-38-18(3)27(41-28(38)39)21-11-22(30(32,33)34)14-23(12-21)31(35,36)37/h7-8,11,13-14,17-18,21,27H,9-10,12,15-16H2,1-6H3/t18-,21?,27-/m0/s1. The van der Waals surface area contributed by atoms with Crippen LogP contribution in [0.25, 0.3) is 5.57 Å². The van der Waals surface area contributed by atoms with Gasteiger partial charge in [-0.05, 0) is 78.9 Å². The number of alkyl halides is 6. The molecule has 1 fully saturated rings. The van der Waals surface area contributed by atoms with Gasteiger partial charge in [0.2, 0.25) is 0 Å². The van der Waals surface area contributed by atoms with Gasteiger partial charge >= 0.3 is 18.4 Å². The largest absolute Gasteiger partial charge is 0.496 e. The van der Waals surface area contributed by atoms with Crippen molar-refractivity contribution in [2.24, 2.45) is 11.3 Å². The van der Waals surface area contributed by atoms with Gasteiger partial charge in [0, 0.05) is 23.6 Å². The van der Waals surface area contributed by atoms with Crippen LogP contribution in [0.1, 0.15) is 77.3 Å². The zero-order chi connectivity index (χ0) is 30.5. The molecule has 2 aliphatic carbocycles. The van der Waals surface area contributed by atoms with Gasteiger partial charge in [-0.3, -0.25) is 4.90 Å². The quantitative estimate of drug-likeness (QED) is 0.313. The molecule has 0 radical (unpaired) electrons. The van der Waals surface area contributed by atoms with Gasteiger partial charge < -0.3 is 9.47 Å². The molecular formula is C31H37F6NO3. The molecule has 1 amide bonds. The minimum atomic E-state index is -4.96. The molecule has 0 aromatic heterocycles. The fourth-order valence-electron chi connectivity index (χ4n) is 6.02. The van der Waals surface area contributed by atoms with Crippen LogP contribution in [0.3, 0.4) is 0 Å². The molecule has 1 aromatic carbocycles. The predicted octanol–water partition coefficient (Wildman–Crippen LogP) is 8.99. The predicted molar refractivity (Wildman–Crippen MR) is 144 cm³/mol. The Balaban J connectivity index is 1.69. The molecule has 3 aliphatic rings. The lowest BCUT2D eigenvalue weighted by molar-refractivity contribution is -0.101. The first-order chi connectivity index (χ1) is 18.9. The lowest BCUT2D eigenvalue weighted by atomic mass is 9.72. The lowest BCUT2D eigenvalue weighted by Gasteiger charge is -2.36. The Hall–Kier alpha value is -2.91. The average Bonchev–Trinajstić information content (AvgIpc) is 3.16. The van der Waals surface area contributed by atoms with E-state index < -0.39 is 54.1 Å². The van der Waals surface area contributed by atoms with E-state index in [1.54, 1.807) is 14.0 Å². The monoisotopic (exact) mass is 585 g/mol. The minimum absolute atomic E-state index is 0.0153. The Morgan fingerprint density at radius 3 is 2.39 bits per heavy atom. The Morgan fingerprint density at radius 2 is 1.80 bits per heavy atom. The summed E-state index contributed by atoms with van der Waals surface area (Å²) in [7, 11) is 1.60. The van der Waals surface area contributed by atoms with Gasteiger partial charge in [-0.2, -0.15) is 26.3 Å². The average molecular weight is 586 g/mol. The van der Waals surface area contributed by atoms with E-state index in [0.29, 0.717) is 12.2 Å². The van der Waals surface area contributed by atoms with Crippen molar-refractivity contribution in [3.63, 3.8) is 0 Å². The fraction of sp³-hybridized carbons (Fsp3) is 0.581. The molecule has 1 aliphatic heterocycles. The number of ether oxygens (including phenoxy) is 2. The number of cyclic esters (lactones) is 1. The summed E-state index contributed by atoms with van der Waals surface area (Å²) in [5.41, 5.74) is 1.42. The van der Waals surface area contributed by atoms with E-state index in [9.17, 15) is 31.1 Å². The van der Waals surface area contributed by atoms with Gasteiger partial charge in [0.15, 0.2) is 0 Å². The van der Waals surface area contributed by atoms with Crippen molar-refractivity contribution in [1.29, 1.82) is 0 Å². The third-order valence-corrected chi connectivity index (χ3v) is 8.49. The fourth-order valence-corrected chi connectivity index (χ4v) is 6.02. The van der Waals surface area contributed by atoms with Crippen LogP contribution in [-0.4, -0.2) is 49.1 Å². The van der Waals surface area contributed by atoms with Gasteiger partial charge in [0.1, 0.15) is 11.9 Å². The van der Waals surface area contributed by atoms with Crippen molar-refractivity contribution in [3.05, 3.63) is 58.2 Å². The van der Waals surface area contributed by atoms with E-state index in [-0.39, 0.29) is 24.0 Å². The van der Waals surface area contributed by atoms with E-state index in [1.165, 1.54) is 4.90 Å². The van der Waals surface area contributed by atoms with Crippen molar-refractivity contribution in [2.75, 3.05) is 13.7 Å². The maximum Gasteiger partial charge on any atom is 0.416 e. The molecule has 10 heteroatoms. The highest BCUT2D eigenvalue weighted by atomic mass is 19.4. The van der Waals surface area contributed by atoms with Gasteiger partial charge in [0.05, 0.1) is 18.7 Å². The van der Waals surface area contributed by atoms with E-state index in [2.05, 4.69) is 33.8 Å². The summed E-state index contributed by atoms with van der Waals surface area (Å²) in [5, 5.41) is 0. The first kappa shape index (κ1) is 31.0. The van der Waals surface area contributed by atoms with E-state index in [4.69, 9.17) is 9.47 Å². The van der Waals surface area contributed by atoms with Crippen LogP contribution in [-0.2, 0) is 4.74 Å². The second-order valence-corrected chi connectivity index (χ2v) is 12.4. The number of hydrogen-bond acceptors (Lipinski definition) is 3. The Labute approximate surface area is 237 Å². The Morgan fingerprint density at radius 1 is 1.12 bits per heavy atom. The number of carbonyl (C=O) groups excluding carboxylic acids is 1. The molecule has 41 heavy (non-hydrogen) atoms. The van der Waals surface area contributed by atoms with E-state index in [0.717, 1.165) is 41.2 Å². The summed E-state index contributed by atoms with van der Waals surface area (Å²) in [6, 6.07) is 5.31. The first-order valence-electron chi connectivity index (χ1n) is 13.8. The molecule has 1 unspecified atom stereocenters. The van der Waals surface area contributed by atoms with Crippen molar-refractivity contribution in [1.82, 2.24) is 4.90 Å². The molecule has 0 spiro atoms. The number of allylic oxidation sites excluding steroid dienone is 4. The summed E-state index contributed by atoms with van der Waals surface area (Å²) in [6.07, 6.45) is -9.30. The minimum Gasteiger partial charge on any atom is -0.496 e. The summed E-state index contributed by atoms with van der Waals surface area (Å²) < 4.78 is 92.3. The third-order valence-electron chi connectivity index (χ3n) is 8.49. The number of halogens is 6. The van der Waals surface area contributed by atoms with Gasteiger partial charge in [0.25, 0.3) is 0 Å². The Bertz CT molecular complexity index is 1270. The van der Waals surface area contributed by atoms with Gasteiger partial charge in [-0.15, -0.1) is 0 Å². The topological polar surface area (TPSA) is 38.8 Å². The molecule has 0 saturated carbocycles. The maximum atomic E-state index is 13.5. The molecule has 1 aromatic rings. The van der Waals surface area contributed by atoms with Crippen LogP contribution in [0.5, 0.6) is 5.75 Å². The van der Waals surface area contributed by atoms with Crippen LogP contribution in [0.4, 0.5) is 31.1 Å². The number of carbonyl (C=O) groups is 1. The molecule has 4 nitrogen and oxygen atoms in total. The molecule has 0 bridgehead atoms. The smallest absolute Gasteiger partial charge is 0.416 e. The molecule has 1 saturated heterocycles. The van der Waals surface area contributed by atoms with Crippen LogP contribution in [0, 0.1) is 11.3 Å². The van der Waals surface area contributed by atoms with Crippen molar-refractivity contribution in [3.8, 4) is 5.75 Å². The van der Waals surface area contributed by atoms with Crippen molar-refractivity contribution in [2.45, 2.75) is 90.7 Å². The van der Waals surface area contributed by atoms with E-state index in [1.807, 2.05) is 12.1 Å². The van der Waals surface area contributed by atoms with Crippen LogP contribution < -0.4 is 4.74 Å². The number of rotatable bonds is 6. The van der Waals surface area contributed by atoms with Crippen LogP contribution in [0.15, 0.2) is 47.1 Å². The van der Waals surface area contributed by atoms with Crippen molar-refractivity contribution < 1.29 is 40.6 Å². The van der Waals surface area contributed by atoms with Crippen molar-refractivity contribution >= 4 is 11.7 Å². The van der Waals surface area contributed by atoms with E-state index >= 15 is 0 Å². The molecule has 4 rings (SSSR count). The zero-order valence-corrected chi connectivity index (χ0v) is 24.2. The summed E-state index contributed by atoms with van der Waals surface area (Å²) >= 11 is 0. The van der Waals surface area contributed by atoms with Gasteiger partial charge in [-0.25, -0.2) is 4.79 Å². The molecule has 1 heterocycles. The second-order valence-electron chi connectivity index (χ2n) is 12.4. The van der Waals surface area contributed by atoms with Gasteiger partial charge in [-0.1, -0.05) is 39.8 Å². The number of amides is 1. The number of methoxy groups -OCH3 is 1. The highest BCUT2D eigenvalue weighted by molar-refractivity contribution is 5.77. The number of benzene rings is 1. The maximum absolute atomic E-state index is 13.5. The summed E-state index contributed by atoms with van der Waals surface area (Å²) in [5.74, 6) is -0.290. The summed E-state index contributed by atoms with van der Waals surface area (Å²) in [4.78, 5) is 14.5. The number of nitrogens with zero attached hydrogens (tertiary/aromatic N) is 1. The third kappa shape index (κ3) is 6.61. The zero-order valence-electron chi connectivity index (χ0n) is 24.2. The Kier molecular flexibility index (Phi) is 8.37. The molecule has 0 N–H and O–H groups in total. The van der Waals surface area contributed by atoms with Crippen LogP contribution >= 0.6 is 0 Å².